The van der Waals surface area contributed by atoms with E-state index in [2.05, 4.69) is 24.3 Å². The van der Waals surface area contributed by atoms with Gasteiger partial charge in [0.25, 0.3) is 0 Å². The maximum atomic E-state index is 4.51. The van der Waals surface area contributed by atoms with Crippen LogP contribution in [0, 0.1) is 0 Å². The Morgan fingerprint density at radius 2 is 2.08 bits per heavy atom. The third kappa shape index (κ3) is 6.58. The average Bonchev–Trinajstić information content (AvgIpc) is 2.14. The first-order chi connectivity index (χ1) is 6.24. The molecule has 0 unspecified atom stereocenters. The van der Waals surface area contributed by atoms with Crippen LogP contribution < -0.4 is 5.32 Å². The van der Waals surface area contributed by atoms with Crippen molar-refractivity contribution in [3.8, 4) is 0 Å². The number of hydrogen-bond donors (Lipinski definition) is 1. The molecule has 0 rings (SSSR count). The number of nitrogens with one attached hydrogen (secondary N) is 1. The van der Waals surface area contributed by atoms with Crippen molar-refractivity contribution in [3.63, 3.8) is 0 Å². The number of unbranched alkanes of at least 4 members (excludes halogenated alkanes) is 1. The van der Waals surface area contributed by atoms with Crippen LogP contribution in [0.4, 0.5) is 0 Å². The molecule has 78 valence electrons. The first-order valence-corrected chi connectivity index (χ1v) is 5.16. The summed E-state index contributed by atoms with van der Waals surface area (Å²) in [5.74, 6) is 0. The van der Waals surface area contributed by atoms with Gasteiger partial charge in [0.05, 0.1) is 5.71 Å². The topological polar surface area (TPSA) is 27.6 Å². The van der Waals surface area contributed by atoms with Gasteiger partial charge in [0, 0.05) is 20.1 Å². The lowest BCUT2D eigenvalue weighted by Crippen LogP contribution is -2.22. The standard InChI is InChI=1S/C10H23N3/c1-5-7-8-13(4)12-10(6-2)9-11-3/h11H,5-9H2,1-4H3/b12-10+. The molecule has 0 aromatic heterocycles. The van der Waals surface area contributed by atoms with Crippen molar-refractivity contribution in [3.05, 3.63) is 0 Å². The molecule has 0 bridgehead atoms. The molecule has 0 aromatic carbocycles. The van der Waals surface area contributed by atoms with Gasteiger partial charge in [-0.3, -0.25) is 0 Å². The highest BCUT2D eigenvalue weighted by atomic mass is 15.4. The predicted molar refractivity (Wildman–Crippen MR) is 59.2 cm³/mol. The molecule has 13 heavy (non-hydrogen) atoms. The van der Waals surface area contributed by atoms with E-state index in [-0.39, 0.29) is 0 Å². The summed E-state index contributed by atoms with van der Waals surface area (Å²) in [6.07, 6.45) is 3.47. The van der Waals surface area contributed by atoms with Gasteiger partial charge in [-0.05, 0) is 19.9 Å². The van der Waals surface area contributed by atoms with E-state index >= 15 is 0 Å². The predicted octanol–water partition coefficient (Wildman–Crippen LogP) is 1.70. The summed E-state index contributed by atoms with van der Waals surface area (Å²) in [7, 11) is 4.00. The molecule has 0 fully saturated rings. The van der Waals surface area contributed by atoms with Crippen molar-refractivity contribution in [2.75, 3.05) is 27.2 Å². The molecule has 0 spiro atoms. The van der Waals surface area contributed by atoms with Crippen molar-refractivity contribution in [1.82, 2.24) is 10.3 Å². The van der Waals surface area contributed by atoms with Gasteiger partial charge in [-0.1, -0.05) is 20.3 Å². The van der Waals surface area contributed by atoms with E-state index in [1.165, 1.54) is 18.6 Å². The van der Waals surface area contributed by atoms with E-state index < -0.39 is 0 Å². The minimum absolute atomic E-state index is 0.896. The van der Waals surface area contributed by atoms with E-state index in [1.54, 1.807) is 0 Å². The Balaban J connectivity index is 3.84. The largest absolute Gasteiger partial charge is 0.314 e. The lowest BCUT2D eigenvalue weighted by Gasteiger charge is -2.14. The fourth-order valence-electron chi connectivity index (χ4n) is 1.11. The van der Waals surface area contributed by atoms with Gasteiger partial charge in [0.1, 0.15) is 0 Å². The Hall–Kier alpha value is -0.570. The average molecular weight is 185 g/mol. The van der Waals surface area contributed by atoms with E-state index in [0.717, 1.165) is 19.5 Å². The maximum Gasteiger partial charge on any atom is 0.0515 e. The summed E-state index contributed by atoms with van der Waals surface area (Å²) in [5.41, 5.74) is 1.22. The molecule has 0 aliphatic rings. The molecule has 0 saturated carbocycles. The van der Waals surface area contributed by atoms with Crippen LogP contribution in [0.1, 0.15) is 33.1 Å². The summed E-state index contributed by atoms with van der Waals surface area (Å²) in [6, 6.07) is 0. The van der Waals surface area contributed by atoms with Crippen LogP contribution in [0.15, 0.2) is 5.10 Å². The molecule has 0 aromatic rings. The van der Waals surface area contributed by atoms with E-state index in [0.29, 0.717) is 0 Å². The molecular weight excluding hydrogens is 162 g/mol. The Morgan fingerprint density at radius 1 is 1.38 bits per heavy atom. The second-order valence-corrected chi connectivity index (χ2v) is 3.28. The first kappa shape index (κ1) is 12.4. The second-order valence-electron chi connectivity index (χ2n) is 3.28. The van der Waals surface area contributed by atoms with Gasteiger partial charge in [0.15, 0.2) is 0 Å². The van der Waals surface area contributed by atoms with Gasteiger partial charge < -0.3 is 10.3 Å². The number of rotatable bonds is 7. The van der Waals surface area contributed by atoms with Gasteiger partial charge in [-0.2, -0.15) is 5.10 Å². The normalized spacial score (nSPS) is 11.8. The summed E-state index contributed by atoms with van der Waals surface area (Å²) < 4.78 is 0. The molecular formula is C10H23N3. The molecule has 0 saturated heterocycles. The monoisotopic (exact) mass is 185 g/mol. The highest BCUT2D eigenvalue weighted by molar-refractivity contribution is 5.85. The van der Waals surface area contributed by atoms with Crippen molar-refractivity contribution >= 4 is 5.71 Å². The fourth-order valence-corrected chi connectivity index (χ4v) is 1.11. The molecule has 0 amide bonds. The highest BCUT2D eigenvalue weighted by Crippen LogP contribution is 1.94. The Bertz CT molecular complexity index is 143. The number of hydrazone groups is 1. The van der Waals surface area contributed by atoms with E-state index in [1.807, 2.05) is 19.1 Å². The van der Waals surface area contributed by atoms with Crippen LogP contribution in [-0.2, 0) is 0 Å². The third-order valence-electron chi connectivity index (χ3n) is 1.94. The van der Waals surface area contributed by atoms with Crippen LogP contribution in [0.5, 0.6) is 0 Å². The van der Waals surface area contributed by atoms with Crippen molar-refractivity contribution in [2.24, 2.45) is 5.10 Å². The molecule has 0 atom stereocenters. The lowest BCUT2D eigenvalue weighted by molar-refractivity contribution is 0.345. The van der Waals surface area contributed by atoms with E-state index in [4.69, 9.17) is 0 Å². The zero-order chi connectivity index (χ0) is 10.1. The minimum atomic E-state index is 0.896. The highest BCUT2D eigenvalue weighted by Gasteiger charge is 1.97. The van der Waals surface area contributed by atoms with Crippen LogP contribution in [0.3, 0.4) is 0 Å². The van der Waals surface area contributed by atoms with Crippen LogP contribution in [0.2, 0.25) is 0 Å². The van der Waals surface area contributed by atoms with Gasteiger partial charge in [0.2, 0.25) is 0 Å². The van der Waals surface area contributed by atoms with Crippen LogP contribution in [0.25, 0.3) is 0 Å². The zero-order valence-corrected chi connectivity index (χ0v) is 9.43. The third-order valence-corrected chi connectivity index (χ3v) is 1.94. The van der Waals surface area contributed by atoms with Crippen LogP contribution in [-0.4, -0.2) is 37.9 Å². The number of nitrogens with zero attached hydrogens (tertiary/aromatic N) is 2. The maximum absolute atomic E-state index is 4.51. The molecule has 0 aliphatic carbocycles. The van der Waals surface area contributed by atoms with Gasteiger partial charge in [-0.25, -0.2) is 0 Å². The van der Waals surface area contributed by atoms with Gasteiger partial charge in [-0.15, -0.1) is 0 Å². The zero-order valence-electron chi connectivity index (χ0n) is 9.43. The fraction of sp³-hybridized carbons (Fsp3) is 0.900. The Labute approximate surface area is 82.2 Å². The van der Waals surface area contributed by atoms with Crippen molar-refractivity contribution in [2.45, 2.75) is 33.1 Å². The lowest BCUT2D eigenvalue weighted by atomic mass is 10.3. The molecule has 1 N–H and O–H groups in total. The second kappa shape index (κ2) is 8.05. The van der Waals surface area contributed by atoms with Gasteiger partial charge >= 0.3 is 0 Å². The summed E-state index contributed by atoms with van der Waals surface area (Å²) in [4.78, 5) is 0. The van der Waals surface area contributed by atoms with Crippen molar-refractivity contribution < 1.29 is 0 Å². The molecule has 3 heteroatoms. The molecule has 0 aliphatic heterocycles. The summed E-state index contributed by atoms with van der Waals surface area (Å²) in [6.45, 7) is 6.30. The van der Waals surface area contributed by atoms with Crippen molar-refractivity contribution in [1.29, 1.82) is 0 Å². The van der Waals surface area contributed by atoms with Crippen LogP contribution >= 0.6 is 0 Å². The van der Waals surface area contributed by atoms with E-state index in [9.17, 15) is 0 Å². The SMILES string of the molecule is CCCCN(C)/N=C(\CC)CNC. The molecule has 0 heterocycles. The summed E-state index contributed by atoms with van der Waals surface area (Å²) in [5, 5.41) is 9.67. The Kier molecular flexibility index (Phi) is 7.69. The quantitative estimate of drug-likeness (QED) is 0.483. The first-order valence-electron chi connectivity index (χ1n) is 5.16. The smallest absolute Gasteiger partial charge is 0.0515 e. The Morgan fingerprint density at radius 3 is 2.54 bits per heavy atom. The molecule has 3 nitrogen and oxygen atoms in total. The number of hydrogen-bond acceptors (Lipinski definition) is 3. The molecule has 0 radical (unpaired) electrons. The minimum Gasteiger partial charge on any atom is -0.314 e. The summed E-state index contributed by atoms with van der Waals surface area (Å²) >= 11 is 0.